The molecular formula is C24H19N3O5. The number of aromatic nitrogens is 1. The van der Waals surface area contributed by atoms with Gasteiger partial charge in [-0.3, -0.25) is 14.9 Å². The van der Waals surface area contributed by atoms with E-state index in [1.54, 1.807) is 12.1 Å². The van der Waals surface area contributed by atoms with Gasteiger partial charge in [-0.2, -0.15) is 0 Å². The first kappa shape index (κ1) is 19.6. The van der Waals surface area contributed by atoms with Crippen LogP contribution in [0.2, 0.25) is 0 Å². The number of ether oxygens (including phenoxy) is 2. The van der Waals surface area contributed by atoms with Crippen molar-refractivity contribution < 1.29 is 23.9 Å². The molecule has 0 unspecified atom stereocenters. The number of barbiturate groups is 1. The smallest absolute Gasteiger partial charge is 0.335 e. The summed E-state index contributed by atoms with van der Waals surface area (Å²) >= 11 is 0. The second kappa shape index (κ2) is 7.42. The molecule has 3 heterocycles. The molecule has 2 aliphatic heterocycles. The number of imide groups is 2. The molecule has 1 saturated heterocycles. The van der Waals surface area contributed by atoms with E-state index in [1.165, 1.54) is 12.1 Å². The number of fused-ring (bicyclic) bond motifs is 1. The van der Waals surface area contributed by atoms with Gasteiger partial charge in [0.15, 0.2) is 11.5 Å². The van der Waals surface area contributed by atoms with E-state index in [-0.39, 0.29) is 18.1 Å². The number of nitrogens with zero attached hydrogens (tertiary/aromatic N) is 2. The minimum atomic E-state index is -0.814. The van der Waals surface area contributed by atoms with Gasteiger partial charge < -0.3 is 14.0 Å². The number of nitrogens with one attached hydrogen (secondary N) is 1. The number of carbonyl (C=O) groups is 3. The Morgan fingerprint density at radius 3 is 2.44 bits per heavy atom. The maximum Gasteiger partial charge on any atom is 0.335 e. The average molecular weight is 429 g/mol. The Bertz CT molecular complexity index is 1310. The minimum Gasteiger partial charge on any atom is -0.454 e. The van der Waals surface area contributed by atoms with Gasteiger partial charge in [-0.15, -0.1) is 0 Å². The fraction of sp³-hybridized carbons (Fsp3) is 0.125. The van der Waals surface area contributed by atoms with Crippen molar-refractivity contribution in [3.8, 4) is 17.2 Å². The van der Waals surface area contributed by atoms with E-state index in [2.05, 4.69) is 5.32 Å². The summed E-state index contributed by atoms with van der Waals surface area (Å²) in [6.07, 6.45) is 1.52. The van der Waals surface area contributed by atoms with E-state index in [4.69, 9.17) is 9.47 Å². The summed E-state index contributed by atoms with van der Waals surface area (Å²) < 4.78 is 12.7. The number of amides is 4. The molecule has 2 aromatic carbocycles. The fourth-order valence-electron chi connectivity index (χ4n) is 3.98. The van der Waals surface area contributed by atoms with E-state index in [1.807, 2.05) is 54.8 Å². The molecule has 32 heavy (non-hydrogen) atoms. The minimum absolute atomic E-state index is 0.0690. The quantitative estimate of drug-likeness (QED) is 0.509. The number of urea groups is 1. The summed E-state index contributed by atoms with van der Waals surface area (Å²) in [5.74, 6) is -0.487. The van der Waals surface area contributed by atoms with Crippen molar-refractivity contribution in [2.75, 3.05) is 11.7 Å². The van der Waals surface area contributed by atoms with Gasteiger partial charge in [-0.25, -0.2) is 9.69 Å². The standard InChI is InChI=1S/C24H19N3O5/c1-14-10-16(15(2)26(14)17-6-4-3-5-7-17)11-19-22(28)25-24(30)27(23(19)29)18-8-9-20-21(12-18)32-13-31-20/h3-12H,13H2,1-2H3,(H,25,28,30). The SMILES string of the molecule is Cc1cc(C=C2C(=O)NC(=O)N(c3ccc4c(c3)OCO4)C2=O)c(C)n1-c1ccccc1. The molecule has 0 spiro atoms. The zero-order valence-electron chi connectivity index (χ0n) is 17.4. The molecule has 1 aromatic heterocycles. The molecule has 1 N–H and O–H groups in total. The maximum absolute atomic E-state index is 13.2. The van der Waals surface area contributed by atoms with Crippen molar-refractivity contribution in [2.45, 2.75) is 13.8 Å². The molecule has 0 saturated carbocycles. The Morgan fingerprint density at radius 1 is 0.906 bits per heavy atom. The molecule has 0 bridgehead atoms. The molecular weight excluding hydrogens is 410 g/mol. The predicted octanol–water partition coefficient (Wildman–Crippen LogP) is 3.49. The number of hydrogen-bond donors (Lipinski definition) is 1. The van der Waals surface area contributed by atoms with Gasteiger partial charge in [0.2, 0.25) is 6.79 Å². The van der Waals surface area contributed by atoms with Crippen molar-refractivity contribution >= 4 is 29.6 Å². The van der Waals surface area contributed by atoms with Crippen LogP contribution in [0.5, 0.6) is 11.5 Å². The Hall–Kier alpha value is -4.33. The lowest BCUT2D eigenvalue weighted by Gasteiger charge is -2.26. The number of carbonyl (C=O) groups excluding carboxylic acids is 3. The van der Waals surface area contributed by atoms with Gasteiger partial charge in [0.25, 0.3) is 11.8 Å². The largest absolute Gasteiger partial charge is 0.454 e. The summed E-state index contributed by atoms with van der Waals surface area (Å²) in [6, 6.07) is 15.6. The van der Waals surface area contributed by atoms with Crippen LogP contribution < -0.4 is 19.7 Å². The molecule has 0 atom stereocenters. The molecule has 5 rings (SSSR count). The van der Waals surface area contributed by atoms with Crippen LogP contribution in [0.4, 0.5) is 10.5 Å². The van der Waals surface area contributed by atoms with Crippen LogP contribution in [0, 0.1) is 13.8 Å². The molecule has 0 aliphatic carbocycles. The second-order valence-electron chi connectivity index (χ2n) is 7.49. The van der Waals surface area contributed by atoms with Gasteiger partial charge in [0.1, 0.15) is 5.57 Å². The van der Waals surface area contributed by atoms with Gasteiger partial charge in [0, 0.05) is 23.1 Å². The summed E-state index contributed by atoms with van der Waals surface area (Å²) in [5, 5.41) is 2.25. The Kier molecular flexibility index (Phi) is 4.55. The third kappa shape index (κ3) is 3.13. The van der Waals surface area contributed by atoms with Gasteiger partial charge >= 0.3 is 6.03 Å². The van der Waals surface area contributed by atoms with E-state index in [9.17, 15) is 14.4 Å². The lowest BCUT2D eigenvalue weighted by atomic mass is 10.1. The zero-order valence-corrected chi connectivity index (χ0v) is 17.4. The van der Waals surface area contributed by atoms with Crippen LogP contribution in [-0.2, 0) is 9.59 Å². The van der Waals surface area contributed by atoms with Crippen molar-refractivity contribution in [3.63, 3.8) is 0 Å². The lowest BCUT2D eigenvalue weighted by Crippen LogP contribution is -2.54. The van der Waals surface area contributed by atoms with Crippen LogP contribution in [0.3, 0.4) is 0 Å². The van der Waals surface area contributed by atoms with E-state index in [0.29, 0.717) is 17.1 Å². The van der Waals surface area contributed by atoms with Crippen LogP contribution in [0.15, 0.2) is 60.2 Å². The number of aryl methyl sites for hydroxylation is 1. The van der Waals surface area contributed by atoms with Crippen molar-refractivity contribution in [3.05, 3.63) is 77.1 Å². The maximum atomic E-state index is 13.2. The van der Waals surface area contributed by atoms with Crippen LogP contribution in [0.25, 0.3) is 11.8 Å². The topological polar surface area (TPSA) is 89.9 Å². The lowest BCUT2D eigenvalue weighted by molar-refractivity contribution is -0.122. The summed E-state index contributed by atoms with van der Waals surface area (Å²) in [7, 11) is 0. The van der Waals surface area contributed by atoms with Gasteiger partial charge in [-0.05, 0) is 55.8 Å². The first-order chi connectivity index (χ1) is 15.4. The Balaban J connectivity index is 1.54. The highest BCUT2D eigenvalue weighted by atomic mass is 16.7. The van der Waals surface area contributed by atoms with Gasteiger partial charge in [-0.1, -0.05) is 18.2 Å². The number of hydrogen-bond acceptors (Lipinski definition) is 5. The Morgan fingerprint density at radius 2 is 1.66 bits per heavy atom. The number of benzene rings is 2. The molecule has 8 nitrogen and oxygen atoms in total. The third-order valence-corrected chi connectivity index (χ3v) is 5.50. The highest BCUT2D eigenvalue weighted by molar-refractivity contribution is 6.39. The zero-order chi connectivity index (χ0) is 22.4. The highest BCUT2D eigenvalue weighted by Gasteiger charge is 2.37. The first-order valence-corrected chi connectivity index (χ1v) is 9.99. The van der Waals surface area contributed by atoms with E-state index < -0.39 is 17.8 Å². The summed E-state index contributed by atoms with van der Waals surface area (Å²) in [6.45, 7) is 3.94. The van der Waals surface area contributed by atoms with Crippen molar-refractivity contribution in [1.82, 2.24) is 9.88 Å². The van der Waals surface area contributed by atoms with Crippen molar-refractivity contribution in [2.24, 2.45) is 0 Å². The molecule has 0 radical (unpaired) electrons. The van der Waals surface area contributed by atoms with E-state index >= 15 is 0 Å². The molecule has 2 aliphatic rings. The highest BCUT2D eigenvalue weighted by Crippen LogP contribution is 2.36. The third-order valence-electron chi connectivity index (χ3n) is 5.50. The molecule has 160 valence electrons. The van der Waals surface area contributed by atoms with Crippen molar-refractivity contribution in [1.29, 1.82) is 0 Å². The molecule has 1 fully saturated rings. The van der Waals surface area contributed by atoms with Crippen LogP contribution in [0.1, 0.15) is 17.0 Å². The van der Waals surface area contributed by atoms with Crippen LogP contribution >= 0.6 is 0 Å². The van der Waals surface area contributed by atoms with Gasteiger partial charge in [0.05, 0.1) is 5.69 Å². The number of rotatable bonds is 3. The number of para-hydroxylation sites is 1. The Labute approximate surface area is 183 Å². The molecule has 4 amide bonds. The monoisotopic (exact) mass is 429 g/mol. The predicted molar refractivity (Wildman–Crippen MR) is 117 cm³/mol. The average Bonchev–Trinajstić information content (AvgIpc) is 3.35. The normalized spacial score (nSPS) is 16.6. The summed E-state index contributed by atoms with van der Waals surface area (Å²) in [5.41, 5.74) is 3.66. The first-order valence-electron chi connectivity index (χ1n) is 9.99. The second-order valence-corrected chi connectivity index (χ2v) is 7.49. The fourth-order valence-corrected chi connectivity index (χ4v) is 3.98. The number of anilines is 1. The molecule has 3 aromatic rings. The van der Waals surface area contributed by atoms with Crippen LogP contribution in [-0.4, -0.2) is 29.2 Å². The molecule has 8 heteroatoms. The summed E-state index contributed by atoms with van der Waals surface area (Å²) in [4.78, 5) is 39.2. The van der Waals surface area contributed by atoms with E-state index in [0.717, 1.165) is 22.0 Å².